The van der Waals surface area contributed by atoms with E-state index >= 15 is 0 Å². The lowest BCUT2D eigenvalue weighted by molar-refractivity contribution is 0.0597. The Kier molecular flexibility index (Phi) is 3.25. The van der Waals surface area contributed by atoms with Crippen LogP contribution in [0, 0.1) is 0 Å². The highest BCUT2D eigenvalue weighted by molar-refractivity contribution is 6.31. The largest absolute Gasteiger partial charge is 0.496 e. The minimum absolute atomic E-state index is 0.0588. The van der Waals surface area contributed by atoms with Crippen molar-refractivity contribution in [2.45, 2.75) is 0 Å². The Labute approximate surface area is 107 Å². The lowest BCUT2D eigenvalue weighted by Gasteiger charge is -2.08. The highest BCUT2D eigenvalue weighted by Gasteiger charge is 2.14. The van der Waals surface area contributed by atoms with Gasteiger partial charge in [-0.2, -0.15) is 0 Å². The molecule has 1 heterocycles. The molecule has 0 saturated heterocycles. The van der Waals surface area contributed by atoms with Gasteiger partial charge in [0.15, 0.2) is 0 Å². The number of ether oxygens (including phenoxy) is 2. The van der Waals surface area contributed by atoms with Crippen LogP contribution in [0.2, 0.25) is 5.02 Å². The highest BCUT2D eigenvalue weighted by atomic mass is 35.5. The van der Waals surface area contributed by atoms with Gasteiger partial charge >= 0.3 is 5.97 Å². The summed E-state index contributed by atoms with van der Waals surface area (Å²) in [5.74, 6) is -0.191. The van der Waals surface area contributed by atoms with Crippen LogP contribution < -0.4 is 10.3 Å². The van der Waals surface area contributed by atoms with Crippen molar-refractivity contribution >= 4 is 28.5 Å². The maximum Gasteiger partial charge on any atom is 0.341 e. The first-order chi connectivity index (χ1) is 8.56. The first-order valence-corrected chi connectivity index (χ1v) is 5.43. The molecule has 6 heteroatoms. The molecule has 1 aromatic carbocycles. The number of aromatic nitrogens is 1. The van der Waals surface area contributed by atoms with E-state index in [-0.39, 0.29) is 10.6 Å². The maximum absolute atomic E-state index is 11.6. The molecule has 0 aliphatic rings. The Hall–Kier alpha value is -2.01. The number of fused-ring (bicyclic) bond motifs is 1. The number of aromatic amines is 1. The number of hydrogen-bond acceptors (Lipinski definition) is 4. The van der Waals surface area contributed by atoms with Gasteiger partial charge < -0.3 is 14.5 Å². The molecule has 18 heavy (non-hydrogen) atoms. The van der Waals surface area contributed by atoms with E-state index in [1.54, 1.807) is 12.1 Å². The minimum atomic E-state index is -0.518. The summed E-state index contributed by atoms with van der Waals surface area (Å²) in [6.45, 7) is 0. The van der Waals surface area contributed by atoms with E-state index in [1.807, 2.05) is 0 Å². The molecule has 0 atom stereocenters. The van der Waals surface area contributed by atoms with Crippen LogP contribution in [0.5, 0.6) is 5.75 Å². The second kappa shape index (κ2) is 4.70. The molecule has 2 rings (SSSR count). The number of nitrogens with one attached hydrogen (secondary N) is 1. The summed E-state index contributed by atoms with van der Waals surface area (Å²) in [5, 5.41) is 0.685. The smallest absolute Gasteiger partial charge is 0.341 e. The van der Waals surface area contributed by atoms with Crippen LogP contribution in [0.1, 0.15) is 10.4 Å². The molecule has 0 radical (unpaired) electrons. The molecule has 1 N–H and O–H groups in total. The van der Waals surface area contributed by atoms with Crippen LogP contribution in [0.15, 0.2) is 23.0 Å². The molecule has 0 saturated carbocycles. The van der Waals surface area contributed by atoms with E-state index in [4.69, 9.17) is 16.3 Å². The average molecular weight is 268 g/mol. The van der Waals surface area contributed by atoms with Gasteiger partial charge in [-0.3, -0.25) is 4.79 Å². The molecular formula is C12H10ClNO4. The van der Waals surface area contributed by atoms with Gasteiger partial charge in [0.1, 0.15) is 16.3 Å². The molecule has 0 fully saturated rings. The molecule has 0 bridgehead atoms. The second-order valence-electron chi connectivity index (χ2n) is 3.58. The van der Waals surface area contributed by atoms with Crippen molar-refractivity contribution < 1.29 is 14.3 Å². The van der Waals surface area contributed by atoms with E-state index < -0.39 is 11.5 Å². The number of methoxy groups -OCH3 is 2. The summed E-state index contributed by atoms with van der Waals surface area (Å²) in [7, 11) is 2.72. The number of carbonyl (C=O) groups excluding carboxylic acids is 1. The average Bonchev–Trinajstić information content (AvgIpc) is 2.38. The van der Waals surface area contributed by atoms with Gasteiger partial charge in [0, 0.05) is 11.5 Å². The summed E-state index contributed by atoms with van der Waals surface area (Å²) >= 11 is 5.74. The molecular weight excluding hydrogens is 258 g/mol. The number of benzene rings is 1. The number of rotatable bonds is 2. The van der Waals surface area contributed by atoms with E-state index in [0.29, 0.717) is 16.7 Å². The molecule has 5 nitrogen and oxygen atoms in total. The highest BCUT2D eigenvalue weighted by Crippen LogP contribution is 2.25. The predicted molar refractivity (Wildman–Crippen MR) is 67.5 cm³/mol. The van der Waals surface area contributed by atoms with E-state index in [9.17, 15) is 9.59 Å². The first-order valence-electron chi connectivity index (χ1n) is 5.05. The zero-order chi connectivity index (χ0) is 13.3. The Morgan fingerprint density at radius 3 is 2.61 bits per heavy atom. The van der Waals surface area contributed by atoms with Crippen LogP contribution >= 0.6 is 11.6 Å². The number of pyridine rings is 1. The summed E-state index contributed by atoms with van der Waals surface area (Å²) in [6.07, 6.45) is 0. The van der Waals surface area contributed by atoms with Crippen molar-refractivity contribution in [2.24, 2.45) is 0 Å². The van der Waals surface area contributed by atoms with Crippen LogP contribution in [0.4, 0.5) is 0 Å². The molecule has 0 spiro atoms. The fourth-order valence-electron chi connectivity index (χ4n) is 1.65. The first kappa shape index (κ1) is 12.4. The molecule has 0 aliphatic heterocycles. The molecule has 2 aromatic rings. The minimum Gasteiger partial charge on any atom is -0.496 e. The Morgan fingerprint density at radius 2 is 2.00 bits per heavy atom. The van der Waals surface area contributed by atoms with E-state index in [0.717, 1.165) is 0 Å². The van der Waals surface area contributed by atoms with Crippen molar-refractivity contribution in [3.05, 3.63) is 39.1 Å². The fourth-order valence-corrected chi connectivity index (χ4v) is 1.81. The normalized spacial score (nSPS) is 10.4. The fraction of sp³-hybridized carbons (Fsp3) is 0.167. The molecule has 0 amide bonds. The number of H-pyrrole nitrogens is 1. The topological polar surface area (TPSA) is 68.4 Å². The van der Waals surface area contributed by atoms with Gasteiger partial charge in [-0.1, -0.05) is 11.6 Å². The Balaban J connectivity index is 2.77. The Morgan fingerprint density at radius 1 is 1.28 bits per heavy atom. The van der Waals surface area contributed by atoms with Crippen LogP contribution in [0.3, 0.4) is 0 Å². The number of halogens is 1. The monoisotopic (exact) mass is 267 g/mol. The third-order valence-electron chi connectivity index (χ3n) is 2.52. The van der Waals surface area contributed by atoms with Crippen LogP contribution in [0.25, 0.3) is 10.9 Å². The van der Waals surface area contributed by atoms with Gasteiger partial charge in [-0.25, -0.2) is 4.79 Å². The lowest BCUT2D eigenvalue weighted by atomic mass is 10.1. The number of hydrogen-bond donors (Lipinski definition) is 1. The predicted octanol–water partition coefficient (Wildman–Crippen LogP) is 1.98. The summed E-state index contributed by atoms with van der Waals surface area (Å²) in [4.78, 5) is 25.6. The lowest BCUT2D eigenvalue weighted by Crippen LogP contribution is -2.08. The van der Waals surface area contributed by atoms with Crippen LogP contribution in [-0.2, 0) is 4.74 Å². The zero-order valence-corrected chi connectivity index (χ0v) is 10.5. The summed E-state index contributed by atoms with van der Waals surface area (Å²) < 4.78 is 9.75. The molecule has 1 aromatic heterocycles. The summed E-state index contributed by atoms with van der Waals surface area (Å²) in [5.41, 5.74) is 0.418. The van der Waals surface area contributed by atoms with Crippen LogP contribution in [-0.4, -0.2) is 25.2 Å². The SMILES string of the molecule is COC(=O)c1cc2cc(Cl)c(=O)[nH]c2cc1OC. The number of esters is 1. The quantitative estimate of drug-likeness (QED) is 0.845. The maximum atomic E-state index is 11.6. The zero-order valence-electron chi connectivity index (χ0n) is 9.74. The third kappa shape index (κ3) is 2.04. The molecule has 94 valence electrons. The van der Waals surface area contributed by atoms with Crippen molar-refractivity contribution in [2.75, 3.05) is 14.2 Å². The molecule has 0 unspecified atom stereocenters. The van der Waals surface area contributed by atoms with Crippen molar-refractivity contribution in [3.63, 3.8) is 0 Å². The van der Waals surface area contributed by atoms with Gasteiger partial charge in [0.25, 0.3) is 5.56 Å². The van der Waals surface area contributed by atoms with Crippen molar-refractivity contribution in [1.29, 1.82) is 0 Å². The third-order valence-corrected chi connectivity index (χ3v) is 2.81. The van der Waals surface area contributed by atoms with E-state index in [2.05, 4.69) is 9.72 Å². The van der Waals surface area contributed by atoms with Gasteiger partial charge in [-0.15, -0.1) is 0 Å². The standard InChI is InChI=1S/C12H10ClNO4/c1-17-10-5-9-6(3-7(10)12(16)18-2)4-8(13)11(15)14-9/h3-5H,1-2H3,(H,14,15). The van der Waals surface area contributed by atoms with Crippen molar-refractivity contribution in [3.8, 4) is 5.75 Å². The van der Waals surface area contributed by atoms with Gasteiger partial charge in [0.2, 0.25) is 0 Å². The summed E-state index contributed by atoms with van der Waals surface area (Å²) in [6, 6.07) is 4.60. The Bertz CT molecular complexity index is 678. The van der Waals surface area contributed by atoms with Gasteiger partial charge in [-0.05, 0) is 12.1 Å². The van der Waals surface area contributed by atoms with Gasteiger partial charge in [0.05, 0.1) is 19.7 Å². The number of carbonyl (C=O) groups is 1. The van der Waals surface area contributed by atoms with Crippen molar-refractivity contribution in [1.82, 2.24) is 4.98 Å². The molecule has 0 aliphatic carbocycles. The van der Waals surface area contributed by atoms with E-state index in [1.165, 1.54) is 20.3 Å². The second-order valence-corrected chi connectivity index (χ2v) is 3.98.